The Bertz CT molecular complexity index is 509. The lowest BCUT2D eigenvalue weighted by Gasteiger charge is -2.05. The van der Waals surface area contributed by atoms with Gasteiger partial charge in [-0.2, -0.15) is 0 Å². The largest absolute Gasteiger partial charge is 0.326 e. The van der Waals surface area contributed by atoms with E-state index in [9.17, 15) is 4.39 Å². The van der Waals surface area contributed by atoms with Crippen molar-refractivity contribution in [2.24, 2.45) is 5.73 Å². The monoisotopic (exact) mass is 216 g/mol. The van der Waals surface area contributed by atoms with Gasteiger partial charge in [-0.25, -0.2) is 4.39 Å². The molecule has 0 amide bonds. The Labute approximate surface area is 93.9 Å². The number of aryl methyl sites for hydroxylation is 1. The molecule has 0 atom stereocenters. The van der Waals surface area contributed by atoms with Gasteiger partial charge in [-0.1, -0.05) is 6.07 Å². The fourth-order valence-corrected chi connectivity index (χ4v) is 1.58. The molecule has 2 nitrogen and oxygen atoms in total. The van der Waals surface area contributed by atoms with Gasteiger partial charge in [-0.3, -0.25) is 4.98 Å². The maximum atomic E-state index is 13.1. The quantitative estimate of drug-likeness (QED) is 0.838. The van der Waals surface area contributed by atoms with Crippen molar-refractivity contribution < 1.29 is 4.39 Å². The van der Waals surface area contributed by atoms with Crippen molar-refractivity contribution in [1.82, 2.24) is 4.98 Å². The Hall–Kier alpha value is -1.74. The lowest BCUT2D eigenvalue weighted by Crippen LogP contribution is -1.97. The number of hydrogen-bond donors (Lipinski definition) is 1. The van der Waals surface area contributed by atoms with E-state index >= 15 is 0 Å². The molecule has 2 rings (SSSR count). The van der Waals surface area contributed by atoms with E-state index in [1.54, 1.807) is 25.4 Å². The Morgan fingerprint density at radius 1 is 1.19 bits per heavy atom. The van der Waals surface area contributed by atoms with Crippen LogP contribution < -0.4 is 5.73 Å². The predicted molar refractivity (Wildman–Crippen MR) is 62.3 cm³/mol. The molecule has 0 spiro atoms. The van der Waals surface area contributed by atoms with Crippen molar-refractivity contribution in [3.8, 4) is 11.1 Å². The van der Waals surface area contributed by atoms with Gasteiger partial charge in [-0.15, -0.1) is 0 Å². The molecule has 2 N–H and O–H groups in total. The highest BCUT2D eigenvalue weighted by Crippen LogP contribution is 2.21. The fourth-order valence-electron chi connectivity index (χ4n) is 1.58. The van der Waals surface area contributed by atoms with Crippen LogP contribution in [0, 0.1) is 12.7 Å². The molecule has 0 radical (unpaired) electrons. The Balaban J connectivity index is 2.46. The van der Waals surface area contributed by atoms with Crippen LogP contribution in [-0.4, -0.2) is 4.98 Å². The molecule has 0 saturated carbocycles. The molecule has 1 aromatic heterocycles. The Kier molecular flexibility index (Phi) is 2.97. The van der Waals surface area contributed by atoms with Gasteiger partial charge in [0, 0.05) is 24.5 Å². The summed E-state index contributed by atoms with van der Waals surface area (Å²) in [7, 11) is 0. The van der Waals surface area contributed by atoms with Crippen molar-refractivity contribution in [3.05, 3.63) is 53.6 Å². The zero-order chi connectivity index (χ0) is 11.5. The normalized spacial score (nSPS) is 10.4. The first-order valence-corrected chi connectivity index (χ1v) is 5.11. The van der Waals surface area contributed by atoms with Crippen molar-refractivity contribution >= 4 is 0 Å². The smallest absolute Gasteiger partial charge is 0.126 e. The number of rotatable bonds is 2. The topological polar surface area (TPSA) is 38.9 Å². The molecule has 0 unspecified atom stereocenters. The first kappa shape index (κ1) is 10.8. The third-order valence-electron chi connectivity index (χ3n) is 2.52. The van der Waals surface area contributed by atoms with Gasteiger partial charge in [0.15, 0.2) is 0 Å². The highest BCUT2D eigenvalue weighted by Gasteiger charge is 2.02. The molecule has 0 saturated heterocycles. The average Bonchev–Trinajstić information content (AvgIpc) is 2.33. The summed E-state index contributed by atoms with van der Waals surface area (Å²) >= 11 is 0. The number of hydrogen-bond acceptors (Lipinski definition) is 2. The van der Waals surface area contributed by atoms with Gasteiger partial charge in [0.05, 0.1) is 0 Å². The molecule has 1 heterocycles. The van der Waals surface area contributed by atoms with Crippen molar-refractivity contribution in [3.63, 3.8) is 0 Å². The van der Waals surface area contributed by atoms with E-state index in [-0.39, 0.29) is 5.82 Å². The minimum Gasteiger partial charge on any atom is -0.326 e. The Morgan fingerprint density at radius 2 is 2.00 bits per heavy atom. The second kappa shape index (κ2) is 4.41. The van der Waals surface area contributed by atoms with E-state index in [0.717, 1.165) is 16.7 Å². The minimum absolute atomic E-state index is 0.188. The predicted octanol–water partition coefficient (Wildman–Crippen LogP) is 2.65. The van der Waals surface area contributed by atoms with E-state index in [2.05, 4.69) is 4.98 Å². The second-order valence-electron chi connectivity index (χ2n) is 3.75. The van der Waals surface area contributed by atoms with Crippen molar-refractivity contribution in [1.29, 1.82) is 0 Å². The molecule has 0 bridgehead atoms. The summed E-state index contributed by atoms with van der Waals surface area (Å²) in [6.07, 6.45) is 3.49. The van der Waals surface area contributed by atoms with Gasteiger partial charge >= 0.3 is 0 Å². The molecule has 0 aliphatic heterocycles. The van der Waals surface area contributed by atoms with Crippen LogP contribution in [0.25, 0.3) is 11.1 Å². The molecular formula is C13H13FN2. The molecular weight excluding hydrogens is 203 g/mol. The van der Waals surface area contributed by atoms with Crippen LogP contribution in [-0.2, 0) is 6.54 Å². The van der Waals surface area contributed by atoms with Crippen molar-refractivity contribution in [2.75, 3.05) is 0 Å². The van der Waals surface area contributed by atoms with E-state index in [4.69, 9.17) is 5.73 Å². The zero-order valence-electron chi connectivity index (χ0n) is 9.07. The van der Waals surface area contributed by atoms with Crippen LogP contribution >= 0.6 is 0 Å². The maximum absolute atomic E-state index is 13.1. The highest BCUT2D eigenvalue weighted by molar-refractivity contribution is 5.63. The summed E-state index contributed by atoms with van der Waals surface area (Å²) in [5, 5.41) is 0. The maximum Gasteiger partial charge on any atom is 0.126 e. The third-order valence-corrected chi connectivity index (χ3v) is 2.52. The van der Waals surface area contributed by atoms with Gasteiger partial charge in [-0.05, 0) is 41.8 Å². The zero-order valence-corrected chi connectivity index (χ0v) is 9.07. The van der Waals surface area contributed by atoms with Crippen LogP contribution in [0.1, 0.15) is 11.1 Å². The van der Waals surface area contributed by atoms with Gasteiger partial charge in [0.25, 0.3) is 0 Å². The first-order valence-electron chi connectivity index (χ1n) is 5.11. The van der Waals surface area contributed by atoms with Gasteiger partial charge < -0.3 is 5.73 Å². The molecule has 2 aromatic rings. The summed E-state index contributed by atoms with van der Waals surface area (Å²) in [5.74, 6) is -0.188. The van der Waals surface area contributed by atoms with Crippen molar-refractivity contribution in [2.45, 2.75) is 13.5 Å². The third kappa shape index (κ3) is 2.09. The average molecular weight is 216 g/mol. The Morgan fingerprint density at radius 3 is 2.69 bits per heavy atom. The fraction of sp³-hybridized carbons (Fsp3) is 0.154. The lowest BCUT2D eigenvalue weighted by molar-refractivity contribution is 0.619. The molecule has 0 aliphatic carbocycles. The van der Waals surface area contributed by atoms with Crippen LogP contribution in [0.3, 0.4) is 0 Å². The van der Waals surface area contributed by atoms with E-state index in [1.165, 1.54) is 6.07 Å². The van der Waals surface area contributed by atoms with Crippen LogP contribution in [0.15, 0.2) is 36.7 Å². The van der Waals surface area contributed by atoms with Crippen LogP contribution in [0.4, 0.5) is 4.39 Å². The van der Waals surface area contributed by atoms with E-state index in [0.29, 0.717) is 12.1 Å². The molecule has 0 aliphatic rings. The second-order valence-corrected chi connectivity index (χ2v) is 3.75. The summed E-state index contributed by atoms with van der Waals surface area (Å²) in [4.78, 5) is 4.11. The minimum atomic E-state index is -0.188. The summed E-state index contributed by atoms with van der Waals surface area (Å²) in [5.41, 5.74) is 9.08. The SMILES string of the molecule is Cc1cc(-c2cncc(CN)c2)ccc1F. The number of benzene rings is 1. The number of halogens is 1. The standard InChI is InChI=1S/C13H13FN2/c1-9-4-11(2-3-13(9)14)12-5-10(6-15)7-16-8-12/h2-5,7-8H,6,15H2,1H3. The number of aromatic nitrogens is 1. The van der Waals surface area contributed by atoms with E-state index < -0.39 is 0 Å². The molecule has 0 fully saturated rings. The van der Waals surface area contributed by atoms with Gasteiger partial charge in [0.1, 0.15) is 5.82 Å². The van der Waals surface area contributed by atoms with Crippen LogP contribution in [0.2, 0.25) is 0 Å². The number of pyridine rings is 1. The molecule has 16 heavy (non-hydrogen) atoms. The highest BCUT2D eigenvalue weighted by atomic mass is 19.1. The summed E-state index contributed by atoms with van der Waals surface area (Å²) in [6, 6.07) is 7.01. The van der Waals surface area contributed by atoms with Gasteiger partial charge in [0.2, 0.25) is 0 Å². The molecule has 1 aromatic carbocycles. The molecule has 82 valence electrons. The van der Waals surface area contributed by atoms with E-state index in [1.807, 2.05) is 12.1 Å². The van der Waals surface area contributed by atoms with Crippen LogP contribution in [0.5, 0.6) is 0 Å². The summed E-state index contributed by atoms with van der Waals surface area (Å²) in [6.45, 7) is 2.21. The molecule has 3 heteroatoms. The lowest BCUT2D eigenvalue weighted by atomic mass is 10.0. The first-order chi connectivity index (χ1) is 7.70. The number of nitrogens with zero attached hydrogens (tertiary/aromatic N) is 1. The summed E-state index contributed by atoms with van der Waals surface area (Å²) < 4.78 is 13.1. The number of nitrogens with two attached hydrogens (primary N) is 1.